The molecule has 0 atom stereocenters. The molecular weight excluding hydrogens is 340 g/mol. The summed E-state index contributed by atoms with van der Waals surface area (Å²) in [5, 5.41) is 0. The summed E-state index contributed by atoms with van der Waals surface area (Å²) in [6.07, 6.45) is -3.32. The van der Waals surface area contributed by atoms with Crippen molar-refractivity contribution in [1.82, 2.24) is 4.98 Å². The van der Waals surface area contributed by atoms with Crippen molar-refractivity contribution in [2.75, 3.05) is 0 Å². The van der Waals surface area contributed by atoms with E-state index in [9.17, 15) is 18.0 Å². The van der Waals surface area contributed by atoms with Crippen LogP contribution < -0.4 is 10.5 Å². The Hall–Kier alpha value is -0.900. The molecule has 8 heteroatoms. The van der Waals surface area contributed by atoms with Gasteiger partial charge >= 0.3 is 6.36 Å². The number of hydrogen-bond acceptors (Lipinski definition) is 4. The molecule has 2 N–H and O–H groups in total. The van der Waals surface area contributed by atoms with Gasteiger partial charge in [0.25, 0.3) is 0 Å². The number of pyridine rings is 1. The summed E-state index contributed by atoms with van der Waals surface area (Å²) >= 11 is 1.78. The molecule has 16 heavy (non-hydrogen) atoms. The van der Waals surface area contributed by atoms with E-state index in [0.717, 1.165) is 6.20 Å². The first-order chi connectivity index (χ1) is 7.39. The smallest absolute Gasteiger partial charge is 0.388 e. The number of rotatable bonds is 3. The third-order valence-corrected chi connectivity index (χ3v) is 2.53. The third kappa shape index (κ3) is 3.04. The van der Waals surface area contributed by atoms with Gasteiger partial charge in [-0.25, -0.2) is 4.98 Å². The van der Waals surface area contributed by atoms with Gasteiger partial charge in [-0.05, 0) is 22.6 Å². The van der Waals surface area contributed by atoms with Crippen molar-refractivity contribution in [2.45, 2.75) is 12.9 Å². The van der Waals surface area contributed by atoms with E-state index in [4.69, 9.17) is 5.73 Å². The minimum atomic E-state index is -4.86. The van der Waals surface area contributed by atoms with Crippen molar-refractivity contribution in [2.24, 2.45) is 5.73 Å². The number of carbonyl (C=O) groups is 1. The van der Waals surface area contributed by atoms with Crippen LogP contribution >= 0.6 is 22.6 Å². The van der Waals surface area contributed by atoms with E-state index in [0.29, 0.717) is 9.86 Å². The van der Waals surface area contributed by atoms with Crippen LogP contribution in [0.4, 0.5) is 13.2 Å². The number of hydrogen-bond donors (Lipinski definition) is 1. The van der Waals surface area contributed by atoms with Gasteiger partial charge in [-0.2, -0.15) is 0 Å². The van der Waals surface area contributed by atoms with Gasteiger partial charge in [-0.3, -0.25) is 4.79 Å². The maximum atomic E-state index is 12.0. The van der Waals surface area contributed by atoms with E-state index >= 15 is 0 Å². The van der Waals surface area contributed by atoms with Crippen molar-refractivity contribution in [3.63, 3.8) is 0 Å². The molecule has 0 spiro atoms. The van der Waals surface area contributed by atoms with E-state index in [1.54, 1.807) is 22.6 Å². The predicted molar refractivity (Wildman–Crippen MR) is 56.9 cm³/mol. The summed E-state index contributed by atoms with van der Waals surface area (Å²) in [6, 6.07) is 0. The molecule has 1 aromatic rings. The molecular formula is C8H6F3IN2O2. The Kier molecular flexibility index (Phi) is 4.08. The van der Waals surface area contributed by atoms with Crippen LogP contribution in [0, 0.1) is 3.57 Å². The van der Waals surface area contributed by atoms with Crippen LogP contribution in [0.2, 0.25) is 0 Å². The van der Waals surface area contributed by atoms with Gasteiger partial charge < -0.3 is 10.5 Å². The summed E-state index contributed by atoms with van der Waals surface area (Å²) in [4.78, 5) is 14.2. The summed E-state index contributed by atoms with van der Waals surface area (Å²) in [6.45, 7) is -0.261. The maximum absolute atomic E-state index is 12.0. The molecule has 1 rings (SSSR count). The maximum Gasteiger partial charge on any atom is 0.574 e. The van der Waals surface area contributed by atoms with Crippen LogP contribution in [0.5, 0.6) is 5.88 Å². The first kappa shape index (κ1) is 13.2. The number of ether oxygens (including phenoxy) is 1. The average molecular weight is 346 g/mol. The highest BCUT2D eigenvalue weighted by Gasteiger charge is 2.33. The fourth-order valence-corrected chi connectivity index (χ4v) is 1.64. The molecule has 0 amide bonds. The summed E-state index contributed by atoms with van der Waals surface area (Å²) < 4.78 is 40.1. The molecule has 0 aromatic carbocycles. The van der Waals surface area contributed by atoms with Gasteiger partial charge in [0.05, 0.1) is 0 Å². The Bertz CT molecular complexity index is 409. The third-order valence-electron chi connectivity index (χ3n) is 1.67. The number of nitrogens with zero attached hydrogens (tertiary/aromatic N) is 1. The lowest BCUT2D eigenvalue weighted by atomic mass is 10.1. The number of halogens is 4. The van der Waals surface area contributed by atoms with Crippen molar-refractivity contribution >= 4 is 28.9 Å². The van der Waals surface area contributed by atoms with Gasteiger partial charge in [0.15, 0.2) is 6.29 Å². The van der Waals surface area contributed by atoms with Gasteiger partial charge in [0.1, 0.15) is 0 Å². The molecule has 1 aromatic heterocycles. The zero-order chi connectivity index (χ0) is 12.3. The van der Waals surface area contributed by atoms with Crippen molar-refractivity contribution in [3.8, 4) is 5.88 Å². The number of aldehydes is 1. The SMILES string of the molecule is NCc1c(OC(F)(F)F)ncc(I)c1C=O. The van der Waals surface area contributed by atoms with Crippen LogP contribution in [0.3, 0.4) is 0 Å². The molecule has 88 valence electrons. The fourth-order valence-electron chi connectivity index (χ4n) is 1.04. The summed E-state index contributed by atoms with van der Waals surface area (Å²) in [7, 11) is 0. The fraction of sp³-hybridized carbons (Fsp3) is 0.250. The molecule has 0 aliphatic rings. The van der Waals surface area contributed by atoms with Crippen LogP contribution in [-0.2, 0) is 6.54 Å². The molecule has 0 saturated carbocycles. The Morgan fingerprint density at radius 2 is 2.19 bits per heavy atom. The molecule has 0 bridgehead atoms. The molecule has 0 fully saturated rings. The van der Waals surface area contributed by atoms with Gasteiger partial charge in [-0.1, -0.05) is 0 Å². The molecule has 0 radical (unpaired) electrons. The lowest BCUT2D eigenvalue weighted by molar-refractivity contribution is -0.276. The van der Waals surface area contributed by atoms with Crippen LogP contribution in [0.1, 0.15) is 15.9 Å². The van der Waals surface area contributed by atoms with Crippen molar-refractivity contribution < 1.29 is 22.7 Å². The summed E-state index contributed by atoms with van der Waals surface area (Å²) in [5.41, 5.74) is 5.28. The van der Waals surface area contributed by atoms with Gasteiger partial charge in [-0.15, -0.1) is 13.2 Å². The molecule has 4 nitrogen and oxygen atoms in total. The Labute approximate surface area is 102 Å². The Balaban J connectivity index is 3.25. The zero-order valence-corrected chi connectivity index (χ0v) is 9.87. The molecule has 0 aliphatic heterocycles. The largest absolute Gasteiger partial charge is 0.574 e. The number of nitrogens with two attached hydrogens (primary N) is 1. The monoisotopic (exact) mass is 346 g/mol. The minimum Gasteiger partial charge on any atom is -0.388 e. The molecule has 0 aliphatic carbocycles. The molecule has 0 saturated heterocycles. The Morgan fingerprint density at radius 1 is 1.56 bits per heavy atom. The van der Waals surface area contributed by atoms with Gasteiger partial charge in [0, 0.05) is 27.4 Å². The second kappa shape index (κ2) is 4.95. The quantitative estimate of drug-likeness (QED) is 0.670. The van der Waals surface area contributed by atoms with Crippen molar-refractivity contribution in [3.05, 3.63) is 20.9 Å². The summed E-state index contributed by atoms with van der Waals surface area (Å²) in [5.74, 6) is -0.683. The molecule has 1 heterocycles. The van der Waals surface area contributed by atoms with Crippen LogP contribution in [0.25, 0.3) is 0 Å². The first-order valence-corrected chi connectivity index (χ1v) is 5.05. The van der Waals surface area contributed by atoms with Crippen molar-refractivity contribution in [1.29, 1.82) is 0 Å². The van der Waals surface area contributed by atoms with E-state index in [2.05, 4.69) is 9.72 Å². The highest BCUT2D eigenvalue weighted by molar-refractivity contribution is 14.1. The van der Waals surface area contributed by atoms with Crippen LogP contribution in [0.15, 0.2) is 6.20 Å². The van der Waals surface area contributed by atoms with E-state index in [1.807, 2.05) is 0 Å². The second-order valence-electron chi connectivity index (χ2n) is 2.67. The van der Waals surface area contributed by atoms with Crippen LogP contribution in [-0.4, -0.2) is 17.6 Å². The topological polar surface area (TPSA) is 65.2 Å². The lowest BCUT2D eigenvalue weighted by Crippen LogP contribution is -2.20. The first-order valence-electron chi connectivity index (χ1n) is 3.97. The highest BCUT2D eigenvalue weighted by Crippen LogP contribution is 2.27. The average Bonchev–Trinajstić information content (AvgIpc) is 2.18. The lowest BCUT2D eigenvalue weighted by Gasteiger charge is -2.13. The number of carbonyl (C=O) groups excluding carboxylic acids is 1. The zero-order valence-electron chi connectivity index (χ0n) is 7.71. The predicted octanol–water partition coefficient (Wildman–Crippen LogP) is 1.86. The minimum absolute atomic E-state index is 0.0563. The Morgan fingerprint density at radius 3 is 2.62 bits per heavy atom. The van der Waals surface area contributed by atoms with Gasteiger partial charge in [0.2, 0.25) is 5.88 Å². The second-order valence-corrected chi connectivity index (χ2v) is 3.84. The van der Waals surface area contributed by atoms with E-state index in [-0.39, 0.29) is 17.7 Å². The number of alkyl halides is 3. The van der Waals surface area contributed by atoms with E-state index in [1.165, 1.54) is 0 Å². The van der Waals surface area contributed by atoms with E-state index < -0.39 is 12.2 Å². The number of aromatic nitrogens is 1. The normalized spacial score (nSPS) is 11.3. The standard InChI is InChI=1S/C8H6F3IN2O2/c9-8(10,11)16-7-4(1-13)5(3-15)6(12)2-14-7/h2-3H,1,13H2. The molecule has 0 unspecified atom stereocenters. The highest BCUT2D eigenvalue weighted by atomic mass is 127.